The third-order valence-corrected chi connectivity index (χ3v) is 25.6. The Morgan fingerprint density at radius 3 is 0.786 bits per heavy atom. The first-order valence-electron chi connectivity index (χ1n) is 41.2. The molecule has 0 saturated heterocycles. The second-order valence-corrected chi connectivity index (χ2v) is 36.2. The Labute approximate surface area is 726 Å². The van der Waals surface area contributed by atoms with Gasteiger partial charge >= 0.3 is 36.4 Å². The molecular weight excluding hydrogens is 1710 g/mol. The number of nitrogens with zero attached hydrogens (tertiary/aromatic N) is 3. The minimum atomic E-state index is -4.63. The average molecular weight is 1810 g/mol. The number of aromatic nitrogens is 3. The third-order valence-electron chi connectivity index (χ3n) is 21.7. The monoisotopic (exact) mass is 1810 g/mol. The highest BCUT2D eigenvalue weighted by atomic mass is 32.2. The van der Waals surface area contributed by atoms with E-state index >= 15 is 0 Å². The van der Waals surface area contributed by atoms with E-state index in [2.05, 4.69) is 29.1 Å². The molecule has 6 N–H and O–H groups in total. The maximum Gasteiger partial charge on any atom is 0.417 e. The number of nitrogens with one attached hydrogen (secondary N) is 3. The number of esters is 3. The fraction of sp³-hybridized carbons (Fsp3) is 0.355. The number of anilines is 3. The fourth-order valence-electron chi connectivity index (χ4n) is 15.4. The number of aryl methyl sites for hydroxylation is 6. The van der Waals surface area contributed by atoms with Crippen molar-refractivity contribution < 1.29 is 109 Å². The molecule has 1 unspecified atom stereocenters. The van der Waals surface area contributed by atoms with Gasteiger partial charge < -0.3 is 29.5 Å². The Balaban J connectivity index is 0.000000197. The molecule has 0 aliphatic carbocycles. The van der Waals surface area contributed by atoms with Crippen LogP contribution in [0.3, 0.4) is 0 Å². The molecule has 3 aliphatic rings. The minimum absolute atomic E-state index is 0.0540. The van der Waals surface area contributed by atoms with Crippen molar-refractivity contribution in [3.8, 4) is 0 Å². The van der Waals surface area contributed by atoms with E-state index in [1.54, 1.807) is 54.6 Å². The summed E-state index contributed by atoms with van der Waals surface area (Å²) in [5.74, 6) is -1.36. The molecule has 0 amide bonds. The van der Waals surface area contributed by atoms with E-state index < -0.39 is 115 Å². The van der Waals surface area contributed by atoms with Crippen LogP contribution in [0.1, 0.15) is 186 Å². The Bertz CT molecular complexity index is 5130. The summed E-state index contributed by atoms with van der Waals surface area (Å²) >= 11 is 0. The number of alkyl halides is 9. The van der Waals surface area contributed by atoms with Gasteiger partial charge in [0.2, 0.25) is 0 Å². The summed E-state index contributed by atoms with van der Waals surface area (Å²) in [6.45, 7) is 6.05. The quantitative estimate of drug-likeness (QED) is 0.0121. The highest BCUT2D eigenvalue weighted by Gasteiger charge is 2.45. The topological polar surface area (TPSA) is 317 Å². The maximum absolute atomic E-state index is 13.0. The van der Waals surface area contributed by atoms with Gasteiger partial charge in [0.05, 0.1) is 33.4 Å². The van der Waals surface area contributed by atoms with Gasteiger partial charge in [-0.25, -0.2) is 29.3 Å². The van der Waals surface area contributed by atoms with Gasteiger partial charge in [-0.15, -0.1) is 0 Å². The Kier molecular flexibility index (Phi) is 32.7. The molecule has 9 aromatic rings. The normalized spacial score (nSPS) is 17.7. The predicted molar refractivity (Wildman–Crippen MR) is 457 cm³/mol. The van der Waals surface area contributed by atoms with E-state index in [0.717, 1.165) is 90.1 Å². The zero-order valence-corrected chi connectivity index (χ0v) is 71.9. The molecule has 0 bridgehead atoms. The summed E-state index contributed by atoms with van der Waals surface area (Å²) in [6.07, 6.45) is 0.503. The predicted octanol–water partition coefficient (Wildman–Crippen LogP) is 21.5. The number of carbonyl (C=O) groups is 3. The number of pyridine rings is 3. The summed E-state index contributed by atoms with van der Waals surface area (Å²) in [5.41, 5.74) is 1.75. The van der Waals surface area contributed by atoms with Crippen molar-refractivity contribution in [1.82, 2.24) is 15.0 Å². The fourth-order valence-corrected chi connectivity index (χ4v) is 18.3. The molecule has 0 saturated carbocycles. The minimum Gasteiger partial charge on any atom is -0.512 e. The second-order valence-electron chi connectivity index (χ2n) is 31.4. The van der Waals surface area contributed by atoms with E-state index in [-0.39, 0.29) is 89.6 Å². The molecule has 33 heteroatoms. The van der Waals surface area contributed by atoms with Crippen LogP contribution in [0.2, 0.25) is 0 Å². The van der Waals surface area contributed by atoms with Crippen LogP contribution in [0.4, 0.5) is 56.6 Å². The molecule has 12 rings (SSSR count). The Morgan fingerprint density at radius 1 is 0.325 bits per heavy atom. The van der Waals surface area contributed by atoms with Gasteiger partial charge in [-0.05, 0) is 222 Å². The number of hydrogen-bond donors (Lipinski definition) is 6. The lowest BCUT2D eigenvalue weighted by molar-refractivity contribution is -0.162. The molecule has 3 aliphatic heterocycles. The number of sulfonamides is 3. The molecule has 672 valence electrons. The van der Waals surface area contributed by atoms with Gasteiger partial charge in [0.1, 0.15) is 34.1 Å². The van der Waals surface area contributed by atoms with E-state index in [1.807, 2.05) is 112 Å². The molecule has 3 aromatic heterocycles. The van der Waals surface area contributed by atoms with Crippen LogP contribution in [0.5, 0.6) is 0 Å². The van der Waals surface area contributed by atoms with Crippen LogP contribution in [0.25, 0.3) is 0 Å². The summed E-state index contributed by atoms with van der Waals surface area (Å²) in [7, 11) is -12.6. The lowest BCUT2D eigenvalue weighted by Crippen LogP contribution is -2.40. The van der Waals surface area contributed by atoms with E-state index in [0.29, 0.717) is 114 Å². The van der Waals surface area contributed by atoms with Gasteiger partial charge in [0.25, 0.3) is 30.1 Å². The molecule has 21 nitrogen and oxygen atoms in total. The van der Waals surface area contributed by atoms with Gasteiger partial charge in [0.15, 0.2) is 15.1 Å². The standard InChI is InChI=1S/3C31H33F3N2O5S/c3*1-2-17-30(18-16-22-8-4-3-5-9-22)20-27(37)26(29(38)41-30)13-7-11-23-10-6-12-25(19-23)36-42(39,40)28-15-14-24(21-35-28)31(32,33)34/h3*3-6,8-10,12,14-15,19,21,36-37H,2,7,11,13,16-18,20H2,1H3/t2*30-;/m00./s1. The first-order valence-corrected chi connectivity index (χ1v) is 45.7. The van der Waals surface area contributed by atoms with E-state index in [1.165, 1.54) is 18.2 Å². The largest absolute Gasteiger partial charge is 0.512 e. The van der Waals surface area contributed by atoms with Crippen LogP contribution in [0, 0.1) is 0 Å². The van der Waals surface area contributed by atoms with Crippen LogP contribution < -0.4 is 14.2 Å². The number of aliphatic hydroxyl groups is 3. The first-order chi connectivity index (χ1) is 59.7. The number of cyclic esters (lactones) is 3. The second kappa shape index (κ2) is 42.6. The smallest absolute Gasteiger partial charge is 0.417 e. The summed E-state index contributed by atoms with van der Waals surface area (Å²) in [4.78, 5) is 49.3. The van der Waals surface area contributed by atoms with Gasteiger partial charge in [-0.2, -0.15) is 64.8 Å². The molecule has 6 aromatic carbocycles. The van der Waals surface area contributed by atoms with Crippen LogP contribution in [0.15, 0.2) is 268 Å². The van der Waals surface area contributed by atoms with Crippen molar-refractivity contribution in [2.75, 3.05) is 14.2 Å². The lowest BCUT2D eigenvalue weighted by atomic mass is 9.83. The van der Waals surface area contributed by atoms with Crippen molar-refractivity contribution in [2.45, 2.75) is 225 Å². The molecular formula is C93H99F9N6O15S3. The zero-order chi connectivity index (χ0) is 91.1. The van der Waals surface area contributed by atoms with Crippen molar-refractivity contribution in [1.29, 1.82) is 0 Å². The third kappa shape index (κ3) is 27.5. The lowest BCUT2D eigenvalue weighted by Gasteiger charge is -2.37. The molecule has 0 fully saturated rings. The van der Waals surface area contributed by atoms with Crippen LogP contribution in [-0.2, 0) is 116 Å². The van der Waals surface area contributed by atoms with Crippen LogP contribution in [-0.4, -0.2) is 90.2 Å². The van der Waals surface area contributed by atoms with Crippen molar-refractivity contribution in [3.05, 3.63) is 303 Å². The zero-order valence-electron chi connectivity index (χ0n) is 69.5. The highest BCUT2D eigenvalue weighted by Crippen LogP contribution is 2.43. The number of hydrogen-bond acceptors (Lipinski definition) is 18. The number of aliphatic hydroxyl groups excluding tert-OH is 3. The summed E-state index contributed by atoms with van der Waals surface area (Å²) < 4.78 is 216. The first kappa shape index (κ1) is 96.6. The molecule has 0 spiro atoms. The highest BCUT2D eigenvalue weighted by molar-refractivity contribution is 7.93. The number of benzene rings is 6. The maximum atomic E-state index is 13.0. The Hall–Kier alpha value is -11.6. The summed E-state index contributed by atoms with van der Waals surface area (Å²) in [5, 5.41) is 31.0. The van der Waals surface area contributed by atoms with Crippen LogP contribution >= 0.6 is 0 Å². The van der Waals surface area contributed by atoms with Crippen molar-refractivity contribution in [3.63, 3.8) is 0 Å². The summed E-state index contributed by atoms with van der Waals surface area (Å²) in [6, 6.07) is 53.8. The molecule has 0 radical (unpaired) electrons. The molecule has 6 heterocycles. The average Bonchev–Trinajstić information content (AvgIpc) is 0.831. The number of rotatable bonds is 36. The number of ether oxygens (including phenoxy) is 3. The van der Waals surface area contributed by atoms with Gasteiger partial charge in [0, 0.05) is 54.9 Å². The van der Waals surface area contributed by atoms with E-state index in [9.17, 15) is 94.5 Å². The SMILES string of the molecule is CCCC1(CCc2ccccc2)CC(O)=C(CCCc2cccc(NS(=O)(=O)c3ccc(C(F)(F)F)cn3)c2)C(=O)O1.CCC[C@]1(CCc2ccccc2)CC(O)=C(CCCc2cccc(NS(=O)(=O)c3ccc(C(F)(F)F)cn3)c2)C(=O)O1.CCC[C@]1(CCc2ccccc2)CC(O)=C(CCCc2cccc(NS(=O)(=O)c3ccc(C(F)(F)F)cn3)c2)C(=O)O1. The number of halogens is 9. The van der Waals surface area contributed by atoms with Crippen molar-refractivity contribution >= 4 is 65.0 Å². The molecule has 3 atom stereocenters. The number of carbonyl (C=O) groups excluding carboxylic acids is 3. The van der Waals surface area contributed by atoms with Gasteiger partial charge in [-0.3, -0.25) is 14.2 Å². The Morgan fingerprint density at radius 2 is 0.571 bits per heavy atom. The molecule has 126 heavy (non-hydrogen) atoms. The van der Waals surface area contributed by atoms with E-state index in [4.69, 9.17) is 14.2 Å². The van der Waals surface area contributed by atoms with Gasteiger partial charge in [-0.1, -0.05) is 167 Å². The van der Waals surface area contributed by atoms with Crippen molar-refractivity contribution in [2.24, 2.45) is 0 Å².